The third-order valence-corrected chi connectivity index (χ3v) is 6.86. The maximum Gasteiger partial charge on any atom is 0.269 e. The van der Waals surface area contributed by atoms with Gasteiger partial charge in [-0.05, 0) is 54.8 Å². The van der Waals surface area contributed by atoms with Crippen LogP contribution in [0.15, 0.2) is 65.1 Å². The van der Waals surface area contributed by atoms with Crippen LogP contribution in [-0.2, 0) is 10.2 Å². The summed E-state index contributed by atoms with van der Waals surface area (Å²) in [6.07, 6.45) is 3.21. The molecule has 1 amide bonds. The molecule has 1 aromatic heterocycles. The highest BCUT2D eigenvalue weighted by atomic mass is 35.5. The van der Waals surface area contributed by atoms with E-state index in [4.69, 9.17) is 20.8 Å². The maximum absolute atomic E-state index is 13.5. The SMILES string of the molecule is COc1ccc(-c2nc3cc(NC(=O)C4(c5ccc([N+](=O)[O-])cc5)CCCC4)ccc3o2)cc1Cl. The second-order valence-corrected chi connectivity index (χ2v) is 9.01. The van der Waals surface area contributed by atoms with Crippen molar-refractivity contribution in [3.63, 3.8) is 0 Å². The first kappa shape index (κ1) is 22.9. The molecular formula is C26H22ClN3O5. The molecule has 0 bridgehead atoms. The van der Waals surface area contributed by atoms with Crippen molar-refractivity contribution >= 4 is 40.0 Å². The Kier molecular flexibility index (Phi) is 5.90. The third kappa shape index (κ3) is 4.21. The molecule has 0 spiro atoms. The number of hydrogen-bond donors (Lipinski definition) is 1. The van der Waals surface area contributed by atoms with Crippen LogP contribution in [-0.4, -0.2) is 22.9 Å². The Labute approximate surface area is 206 Å². The molecule has 1 saturated carbocycles. The van der Waals surface area contributed by atoms with Gasteiger partial charge in [-0.25, -0.2) is 4.98 Å². The highest BCUT2D eigenvalue weighted by Gasteiger charge is 2.43. The number of amides is 1. The van der Waals surface area contributed by atoms with E-state index >= 15 is 0 Å². The van der Waals surface area contributed by atoms with E-state index in [1.807, 2.05) is 6.07 Å². The predicted molar refractivity (Wildman–Crippen MR) is 133 cm³/mol. The first-order valence-electron chi connectivity index (χ1n) is 11.2. The van der Waals surface area contributed by atoms with Gasteiger partial charge < -0.3 is 14.5 Å². The van der Waals surface area contributed by atoms with Gasteiger partial charge in [0.05, 0.1) is 22.5 Å². The van der Waals surface area contributed by atoms with Gasteiger partial charge in [0, 0.05) is 23.4 Å². The molecule has 9 heteroatoms. The molecule has 0 unspecified atom stereocenters. The van der Waals surface area contributed by atoms with Crippen LogP contribution in [0.3, 0.4) is 0 Å². The molecule has 1 fully saturated rings. The Morgan fingerprint density at radius 2 is 1.86 bits per heavy atom. The van der Waals surface area contributed by atoms with Gasteiger partial charge >= 0.3 is 0 Å². The van der Waals surface area contributed by atoms with Crippen LogP contribution in [0.5, 0.6) is 5.75 Å². The number of carbonyl (C=O) groups excluding carboxylic acids is 1. The standard InChI is InChI=1S/C26H22ClN3O5/c1-34-22-10-4-16(14-20(22)27)24-29-21-15-18(7-11-23(21)35-24)28-25(31)26(12-2-3-13-26)17-5-8-19(9-6-17)30(32)33/h4-11,14-15H,2-3,12-13H2,1H3,(H,28,31). The molecular weight excluding hydrogens is 470 g/mol. The van der Waals surface area contributed by atoms with E-state index in [2.05, 4.69) is 10.3 Å². The van der Waals surface area contributed by atoms with Gasteiger partial charge in [-0.3, -0.25) is 14.9 Å². The fraction of sp³-hybridized carbons (Fsp3) is 0.231. The van der Waals surface area contributed by atoms with E-state index < -0.39 is 10.3 Å². The topological polar surface area (TPSA) is 108 Å². The van der Waals surface area contributed by atoms with Crippen LogP contribution in [0.1, 0.15) is 31.2 Å². The number of hydrogen-bond acceptors (Lipinski definition) is 6. The zero-order chi connectivity index (χ0) is 24.6. The second kappa shape index (κ2) is 9.03. The van der Waals surface area contributed by atoms with E-state index in [0.717, 1.165) is 18.4 Å². The monoisotopic (exact) mass is 491 g/mol. The van der Waals surface area contributed by atoms with Gasteiger partial charge in [0.15, 0.2) is 5.58 Å². The van der Waals surface area contributed by atoms with Crippen LogP contribution < -0.4 is 10.1 Å². The minimum atomic E-state index is -0.723. The summed E-state index contributed by atoms with van der Waals surface area (Å²) in [4.78, 5) is 28.7. The fourth-order valence-corrected chi connectivity index (χ4v) is 4.96. The van der Waals surface area contributed by atoms with Crippen LogP contribution in [0.25, 0.3) is 22.6 Å². The molecule has 1 heterocycles. The number of nitro benzene ring substituents is 1. The van der Waals surface area contributed by atoms with Crippen molar-refractivity contribution in [1.29, 1.82) is 0 Å². The number of carbonyl (C=O) groups is 1. The molecule has 178 valence electrons. The summed E-state index contributed by atoms with van der Waals surface area (Å²) in [6.45, 7) is 0. The largest absolute Gasteiger partial charge is 0.495 e. The molecule has 4 aromatic rings. The number of ether oxygens (including phenoxy) is 1. The molecule has 0 aliphatic heterocycles. The van der Waals surface area contributed by atoms with Crippen molar-refractivity contribution in [2.75, 3.05) is 12.4 Å². The first-order valence-corrected chi connectivity index (χ1v) is 11.6. The minimum absolute atomic E-state index is 0.00717. The smallest absolute Gasteiger partial charge is 0.269 e. The van der Waals surface area contributed by atoms with Crippen molar-refractivity contribution in [3.8, 4) is 17.2 Å². The molecule has 0 saturated heterocycles. The molecule has 1 aliphatic rings. The van der Waals surface area contributed by atoms with Gasteiger partial charge in [0.2, 0.25) is 11.8 Å². The number of nitro groups is 1. The first-order chi connectivity index (χ1) is 16.9. The predicted octanol–water partition coefficient (Wildman–Crippen LogP) is 6.52. The maximum atomic E-state index is 13.5. The normalized spacial score (nSPS) is 14.7. The lowest BCUT2D eigenvalue weighted by molar-refractivity contribution is -0.384. The van der Waals surface area contributed by atoms with E-state index in [1.165, 1.54) is 12.1 Å². The second-order valence-electron chi connectivity index (χ2n) is 8.60. The van der Waals surface area contributed by atoms with Gasteiger partial charge in [-0.1, -0.05) is 36.6 Å². The molecule has 1 aliphatic carbocycles. The number of fused-ring (bicyclic) bond motifs is 1. The summed E-state index contributed by atoms with van der Waals surface area (Å²) >= 11 is 6.24. The lowest BCUT2D eigenvalue weighted by Crippen LogP contribution is -2.38. The minimum Gasteiger partial charge on any atom is -0.495 e. The average Bonchev–Trinajstić information content (AvgIpc) is 3.52. The van der Waals surface area contributed by atoms with Crippen LogP contribution in [0.2, 0.25) is 5.02 Å². The number of nitrogens with one attached hydrogen (secondary N) is 1. The van der Waals surface area contributed by atoms with E-state index in [1.54, 1.807) is 49.6 Å². The number of aromatic nitrogens is 1. The van der Waals surface area contributed by atoms with Crippen molar-refractivity contribution < 1.29 is 18.9 Å². The zero-order valence-corrected chi connectivity index (χ0v) is 19.7. The number of nitrogens with zero attached hydrogens (tertiary/aromatic N) is 2. The van der Waals surface area contributed by atoms with Gasteiger partial charge in [-0.2, -0.15) is 0 Å². The number of oxazole rings is 1. The Morgan fingerprint density at radius 3 is 2.51 bits per heavy atom. The number of anilines is 1. The van der Waals surface area contributed by atoms with Crippen LogP contribution in [0, 0.1) is 10.1 Å². The van der Waals surface area contributed by atoms with Gasteiger partial charge in [-0.15, -0.1) is 0 Å². The summed E-state index contributed by atoms with van der Waals surface area (Å²) in [5, 5.41) is 14.5. The van der Waals surface area contributed by atoms with Crippen molar-refractivity contribution in [2.24, 2.45) is 0 Å². The van der Waals surface area contributed by atoms with Crippen molar-refractivity contribution in [3.05, 3.63) is 81.4 Å². The lowest BCUT2D eigenvalue weighted by Gasteiger charge is -2.28. The lowest BCUT2D eigenvalue weighted by atomic mass is 9.78. The third-order valence-electron chi connectivity index (χ3n) is 6.57. The number of methoxy groups -OCH3 is 1. The average molecular weight is 492 g/mol. The van der Waals surface area contributed by atoms with Gasteiger partial charge in [0.25, 0.3) is 5.69 Å². The Balaban J connectivity index is 1.41. The highest BCUT2D eigenvalue weighted by Crippen LogP contribution is 2.42. The van der Waals surface area contributed by atoms with Crippen molar-refractivity contribution in [2.45, 2.75) is 31.1 Å². The molecule has 5 rings (SSSR count). The fourth-order valence-electron chi connectivity index (χ4n) is 4.71. The Hall–Kier alpha value is -3.91. The molecule has 0 atom stereocenters. The van der Waals surface area contributed by atoms with Crippen LogP contribution >= 0.6 is 11.6 Å². The van der Waals surface area contributed by atoms with Gasteiger partial charge in [0.1, 0.15) is 11.3 Å². The summed E-state index contributed by atoms with van der Waals surface area (Å²) in [6, 6.07) is 16.9. The molecule has 8 nitrogen and oxygen atoms in total. The van der Waals surface area contributed by atoms with Crippen LogP contribution in [0.4, 0.5) is 11.4 Å². The highest BCUT2D eigenvalue weighted by molar-refractivity contribution is 6.32. The Morgan fingerprint density at radius 1 is 1.11 bits per heavy atom. The van der Waals surface area contributed by atoms with E-state index in [-0.39, 0.29) is 11.6 Å². The molecule has 1 N–H and O–H groups in total. The van der Waals surface area contributed by atoms with E-state index in [0.29, 0.717) is 51.9 Å². The summed E-state index contributed by atoms with van der Waals surface area (Å²) in [5.74, 6) is 0.838. The number of non-ortho nitro benzene ring substituents is 1. The number of rotatable bonds is 6. The number of benzene rings is 3. The summed E-state index contributed by atoms with van der Waals surface area (Å²) in [5.41, 5.74) is 2.56. The van der Waals surface area contributed by atoms with Crippen molar-refractivity contribution in [1.82, 2.24) is 4.98 Å². The summed E-state index contributed by atoms with van der Waals surface area (Å²) in [7, 11) is 1.55. The molecule has 35 heavy (non-hydrogen) atoms. The zero-order valence-electron chi connectivity index (χ0n) is 18.9. The quantitative estimate of drug-likeness (QED) is 0.243. The van der Waals surface area contributed by atoms with E-state index in [9.17, 15) is 14.9 Å². The molecule has 0 radical (unpaired) electrons. The number of halogens is 1. The molecule has 3 aromatic carbocycles. The Bertz CT molecular complexity index is 1420. The summed E-state index contributed by atoms with van der Waals surface area (Å²) < 4.78 is 11.1.